The van der Waals surface area contributed by atoms with Gasteiger partial charge in [-0.05, 0) is 31.0 Å². The molecule has 1 aliphatic heterocycles. The Labute approximate surface area is 117 Å². The van der Waals surface area contributed by atoms with Crippen LogP contribution in [0.25, 0.3) is 0 Å². The van der Waals surface area contributed by atoms with Crippen molar-refractivity contribution < 1.29 is 13.2 Å². The molecule has 1 aromatic carbocycles. The van der Waals surface area contributed by atoms with Crippen molar-refractivity contribution in [3.63, 3.8) is 0 Å². The highest BCUT2D eigenvalue weighted by atomic mass is 35.5. The van der Waals surface area contributed by atoms with Crippen LogP contribution < -0.4 is 4.72 Å². The standard InChI is InChI=1S/C12H13ClN2O3S/c13-12-7-11(2-1-9(12)8-14)19(16,17)15-10-3-5-18-6-4-10/h1-2,7,10,15H,3-6H2. The molecule has 0 saturated carbocycles. The number of hydrogen-bond donors (Lipinski definition) is 1. The Morgan fingerprint density at radius 1 is 1.37 bits per heavy atom. The van der Waals surface area contributed by atoms with Gasteiger partial charge in [0, 0.05) is 19.3 Å². The summed E-state index contributed by atoms with van der Waals surface area (Å²) in [5.74, 6) is 0. The average Bonchev–Trinajstić information content (AvgIpc) is 2.39. The predicted molar refractivity (Wildman–Crippen MR) is 70.3 cm³/mol. The Bertz CT molecular complexity index is 604. The van der Waals surface area contributed by atoms with E-state index in [9.17, 15) is 8.42 Å². The molecule has 0 bridgehead atoms. The summed E-state index contributed by atoms with van der Waals surface area (Å²) in [6.07, 6.45) is 1.31. The molecule has 1 fully saturated rings. The van der Waals surface area contributed by atoms with Crippen LogP contribution in [0.1, 0.15) is 18.4 Å². The summed E-state index contributed by atoms with van der Waals surface area (Å²) in [6, 6.07) is 5.85. The number of nitrogens with one attached hydrogen (secondary N) is 1. The lowest BCUT2D eigenvalue weighted by Crippen LogP contribution is -2.38. The van der Waals surface area contributed by atoms with E-state index in [4.69, 9.17) is 21.6 Å². The molecule has 7 heteroatoms. The van der Waals surface area contributed by atoms with Crippen LogP contribution in [0.15, 0.2) is 23.1 Å². The predicted octanol–water partition coefficient (Wildman–Crippen LogP) is 1.67. The molecule has 1 N–H and O–H groups in total. The highest BCUT2D eigenvalue weighted by molar-refractivity contribution is 7.89. The summed E-state index contributed by atoms with van der Waals surface area (Å²) >= 11 is 5.84. The number of rotatable bonds is 3. The third-order valence-corrected chi connectivity index (χ3v) is 4.75. The maximum atomic E-state index is 12.2. The van der Waals surface area contributed by atoms with Crippen LogP contribution in [0.4, 0.5) is 0 Å². The number of halogens is 1. The molecule has 5 nitrogen and oxygen atoms in total. The summed E-state index contributed by atoms with van der Waals surface area (Å²) < 4.78 is 32.1. The third kappa shape index (κ3) is 3.45. The van der Waals surface area contributed by atoms with Gasteiger partial charge in [-0.15, -0.1) is 0 Å². The Hall–Kier alpha value is -1.13. The molecule has 1 heterocycles. The molecular weight excluding hydrogens is 288 g/mol. The second-order valence-electron chi connectivity index (χ2n) is 4.26. The largest absolute Gasteiger partial charge is 0.381 e. The minimum Gasteiger partial charge on any atom is -0.381 e. The molecule has 19 heavy (non-hydrogen) atoms. The molecular formula is C12H13ClN2O3S. The number of nitriles is 1. The SMILES string of the molecule is N#Cc1ccc(S(=O)(=O)NC2CCOCC2)cc1Cl. The molecule has 0 atom stereocenters. The van der Waals surface area contributed by atoms with Gasteiger partial charge in [-0.2, -0.15) is 5.26 Å². The van der Waals surface area contributed by atoms with Gasteiger partial charge in [-0.3, -0.25) is 0 Å². The van der Waals surface area contributed by atoms with E-state index in [0.29, 0.717) is 26.1 Å². The van der Waals surface area contributed by atoms with E-state index < -0.39 is 10.0 Å². The van der Waals surface area contributed by atoms with Crippen LogP contribution in [0.2, 0.25) is 5.02 Å². The number of nitrogens with zero attached hydrogens (tertiary/aromatic N) is 1. The van der Waals surface area contributed by atoms with Crippen LogP contribution in [0.5, 0.6) is 0 Å². The number of benzene rings is 1. The first-order valence-electron chi connectivity index (χ1n) is 5.82. The van der Waals surface area contributed by atoms with E-state index in [1.807, 2.05) is 6.07 Å². The highest BCUT2D eigenvalue weighted by Gasteiger charge is 2.22. The summed E-state index contributed by atoms with van der Waals surface area (Å²) in [4.78, 5) is 0.0722. The van der Waals surface area contributed by atoms with Gasteiger partial charge >= 0.3 is 0 Å². The molecule has 0 aliphatic carbocycles. The monoisotopic (exact) mass is 300 g/mol. The van der Waals surface area contributed by atoms with Gasteiger partial charge < -0.3 is 4.74 Å². The fraction of sp³-hybridized carbons (Fsp3) is 0.417. The van der Waals surface area contributed by atoms with Crippen molar-refractivity contribution in [2.75, 3.05) is 13.2 Å². The number of hydrogen-bond acceptors (Lipinski definition) is 4. The van der Waals surface area contributed by atoms with E-state index in [-0.39, 0.29) is 21.5 Å². The zero-order valence-electron chi connectivity index (χ0n) is 10.1. The smallest absolute Gasteiger partial charge is 0.240 e. The van der Waals surface area contributed by atoms with Gasteiger partial charge in [0.05, 0.1) is 15.5 Å². The molecule has 0 radical (unpaired) electrons. The lowest BCUT2D eigenvalue weighted by molar-refractivity contribution is 0.0832. The van der Waals surface area contributed by atoms with Crippen LogP contribution >= 0.6 is 11.6 Å². The molecule has 0 aromatic heterocycles. The van der Waals surface area contributed by atoms with Gasteiger partial charge in [0.2, 0.25) is 10.0 Å². The zero-order chi connectivity index (χ0) is 13.9. The van der Waals surface area contributed by atoms with Gasteiger partial charge in [-0.1, -0.05) is 11.6 Å². The fourth-order valence-electron chi connectivity index (χ4n) is 1.86. The second kappa shape index (κ2) is 5.88. The van der Waals surface area contributed by atoms with Gasteiger partial charge in [0.15, 0.2) is 0 Å². The van der Waals surface area contributed by atoms with Crippen molar-refractivity contribution >= 4 is 21.6 Å². The van der Waals surface area contributed by atoms with Crippen LogP contribution in [-0.2, 0) is 14.8 Å². The van der Waals surface area contributed by atoms with Crippen molar-refractivity contribution in [3.05, 3.63) is 28.8 Å². The first-order chi connectivity index (χ1) is 9.03. The maximum Gasteiger partial charge on any atom is 0.240 e. The van der Waals surface area contributed by atoms with Gasteiger partial charge in [0.1, 0.15) is 6.07 Å². The molecule has 0 unspecified atom stereocenters. The fourth-order valence-corrected chi connectivity index (χ4v) is 3.47. The summed E-state index contributed by atoms with van der Waals surface area (Å²) in [5, 5.41) is 8.90. The normalized spacial score (nSPS) is 17.1. The summed E-state index contributed by atoms with van der Waals surface area (Å²) in [6.45, 7) is 1.11. The van der Waals surface area contributed by atoms with Gasteiger partial charge in [0.25, 0.3) is 0 Å². The van der Waals surface area contributed by atoms with Crippen molar-refractivity contribution in [1.29, 1.82) is 5.26 Å². The molecule has 0 spiro atoms. The third-order valence-electron chi connectivity index (χ3n) is 2.91. The minimum atomic E-state index is -3.61. The first kappa shape index (κ1) is 14.3. The Morgan fingerprint density at radius 2 is 2.05 bits per heavy atom. The van der Waals surface area contributed by atoms with Crippen LogP contribution in [0.3, 0.4) is 0 Å². The molecule has 1 aliphatic rings. The van der Waals surface area contributed by atoms with E-state index in [2.05, 4.69) is 4.72 Å². The van der Waals surface area contributed by atoms with E-state index in [1.54, 1.807) is 0 Å². The minimum absolute atomic E-state index is 0.0722. The molecule has 1 aromatic rings. The summed E-state index contributed by atoms with van der Waals surface area (Å²) in [5.41, 5.74) is 0.256. The Morgan fingerprint density at radius 3 is 2.63 bits per heavy atom. The average molecular weight is 301 g/mol. The van der Waals surface area contributed by atoms with Gasteiger partial charge in [-0.25, -0.2) is 13.1 Å². The van der Waals surface area contributed by atoms with Crippen LogP contribution in [-0.4, -0.2) is 27.7 Å². The maximum absolute atomic E-state index is 12.2. The Kier molecular flexibility index (Phi) is 4.42. The van der Waals surface area contributed by atoms with E-state index in [0.717, 1.165) is 0 Å². The van der Waals surface area contributed by atoms with E-state index >= 15 is 0 Å². The van der Waals surface area contributed by atoms with Crippen LogP contribution in [0, 0.1) is 11.3 Å². The summed E-state index contributed by atoms with van der Waals surface area (Å²) in [7, 11) is -3.61. The second-order valence-corrected chi connectivity index (χ2v) is 6.38. The first-order valence-corrected chi connectivity index (χ1v) is 7.69. The topological polar surface area (TPSA) is 79.2 Å². The Balaban J connectivity index is 2.19. The zero-order valence-corrected chi connectivity index (χ0v) is 11.7. The number of sulfonamides is 1. The molecule has 102 valence electrons. The number of ether oxygens (including phenoxy) is 1. The van der Waals surface area contributed by atoms with Crippen molar-refractivity contribution in [3.8, 4) is 6.07 Å². The highest BCUT2D eigenvalue weighted by Crippen LogP contribution is 2.21. The molecule has 1 saturated heterocycles. The quantitative estimate of drug-likeness (QED) is 0.921. The van der Waals surface area contributed by atoms with Crippen molar-refractivity contribution in [2.24, 2.45) is 0 Å². The van der Waals surface area contributed by atoms with Crippen molar-refractivity contribution in [1.82, 2.24) is 4.72 Å². The lowest BCUT2D eigenvalue weighted by atomic mass is 10.1. The lowest BCUT2D eigenvalue weighted by Gasteiger charge is -2.23. The molecule has 2 rings (SSSR count). The van der Waals surface area contributed by atoms with Crippen molar-refractivity contribution in [2.45, 2.75) is 23.8 Å². The molecule has 0 amide bonds. The van der Waals surface area contributed by atoms with E-state index in [1.165, 1.54) is 18.2 Å².